The largest absolute Gasteiger partial charge is 0.497 e. The van der Waals surface area contributed by atoms with Crippen LogP contribution in [0.3, 0.4) is 0 Å². The zero-order valence-corrected chi connectivity index (χ0v) is 15.4. The van der Waals surface area contributed by atoms with Gasteiger partial charge in [-0.05, 0) is 60.2 Å². The Morgan fingerprint density at radius 1 is 0.667 bits per heavy atom. The first-order valence-corrected chi connectivity index (χ1v) is 8.61. The van der Waals surface area contributed by atoms with Gasteiger partial charge < -0.3 is 18.9 Å². The first-order chi connectivity index (χ1) is 13.3. The molecular weight excluding hydrogens is 340 g/mol. The van der Waals surface area contributed by atoms with Crippen molar-refractivity contribution in [2.24, 2.45) is 0 Å². The van der Waals surface area contributed by atoms with E-state index < -0.39 is 0 Å². The molecular formula is C23H22O4. The van der Waals surface area contributed by atoms with Crippen LogP contribution >= 0.6 is 0 Å². The third-order valence-electron chi connectivity index (χ3n) is 3.88. The Hall–Kier alpha value is -3.40. The molecule has 4 nitrogen and oxygen atoms in total. The van der Waals surface area contributed by atoms with E-state index >= 15 is 0 Å². The van der Waals surface area contributed by atoms with E-state index in [2.05, 4.69) is 0 Å². The highest BCUT2D eigenvalue weighted by molar-refractivity contribution is 5.52. The second kappa shape index (κ2) is 9.34. The molecule has 0 fully saturated rings. The van der Waals surface area contributed by atoms with Gasteiger partial charge in [-0.25, -0.2) is 0 Å². The van der Waals surface area contributed by atoms with E-state index in [1.54, 1.807) is 14.2 Å². The fraction of sp³-hybridized carbons (Fsp3) is 0.130. The summed E-state index contributed by atoms with van der Waals surface area (Å²) in [6.45, 7) is 0.299. The number of hydrogen-bond acceptors (Lipinski definition) is 4. The van der Waals surface area contributed by atoms with E-state index in [0.29, 0.717) is 12.4 Å². The van der Waals surface area contributed by atoms with Crippen LogP contribution in [-0.2, 0) is 0 Å². The normalized spacial score (nSPS) is 11.0. The van der Waals surface area contributed by atoms with E-state index in [1.165, 1.54) is 0 Å². The molecule has 0 aromatic heterocycles. The molecule has 4 heteroatoms. The fourth-order valence-electron chi connectivity index (χ4n) is 2.46. The zero-order chi connectivity index (χ0) is 18.9. The predicted molar refractivity (Wildman–Crippen MR) is 107 cm³/mol. The van der Waals surface area contributed by atoms with Gasteiger partial charge in [0, 0.05) is 0 Å². The van der Waals surface area contributed by atoms with Gasteiger partial charge in [-0.15, -0.1) is 0 Å². The molecule has 0 aliphatic carbocycles. The lowest BCUT2D eigenvalue weighted by atomic mass is 10.2. The van der Waals surface area contributed by atoms with E-state index in [4.69, 9.17) is 18.9 Å². The number of ether oxygens (including phenoxy) is 4. The molecule has 0 aliphatic heterocycles. The first-order valence-electron chi connectivity index (χ1n) is 8.61. The average Bonchev–Trinajstić information content (AvgIpc) is 2.73. The molecule has 0 aliphatic rings. The molecule has 138 valence electrons. The molecule has 3 aromatic carbocycles. The summed E-state index contributed by atoms with van der Waals surface area (Å²) in [6.07, 6.45) is 1.97. The smallest absolute Gasteiger partial charge is 0.146 e. The van der Waals surface area contributed by atoms with Gasteiger partial charge in [0.15, 0.2) is 0 Å². The number of methoxy groups -OCH3 is 2. The molecule has 3 rings (SSSR count). The van der Waals surface area contributed by atoms with Gasteiger partial charge >= 0.3 is 0 Å². The summed E-state index contributed by atoms with van der Waals surface area (Å²) in [5, 5.41) is 0. The maximum atomic E-state index is 6.04. The summed E-state index contributed by atoms with van der Waals surface area (Å²) in [4.78, 5) is 0. The lowest BCUT2D eigenvalue weighted by molar-refractivity contribution is 0.283. The maximum absolute atomic E-state index is 6.04. The Balaban J connectivity index is 1.75. The average molecular weight is 362 g/mol. The Morgan fingerprint density at radius 2 is 1.19 bits per heavy atom. The molecule has 0 saturated heterocycles. The molecule has 3 aromatic rings. The van der Waals surface area contributed by atoms with Crippen LogP contribution < -0.4 is 18.9 Å². The zero-order valence-electron chi connectivity index (χ0n) is 15.4. The Bertz CT molecular complexity index is 853. The number of rotatable bonds is 8. The highest BCUT2D eigenvalue weighted by atomic mass is 16.5. The second-order valence-corrected chi connectivity index (χ2v) is 5.76. The fourth-order valence-corrected chi connectivity index (χ4v) is 2.46. The molecule has 0 radical (unpaired) electrons. The van der Waals surface area contributed by atoms with Crippen LogP contribution in [0.2, 0.25) is 0 Å². The van der Waals surface area contributed by atoms with Crippen LogP contribution in [0.4, 0.5) is 0 Å². The van der Waals surface area contributed by atoms with Crippen LogP contribution in [0.25, 0.3) is 6.08 Å². The van der Waals surface area contributed by atoms with E-state index in [9.17, 15) is 0 Å². The molecule has 0 amide bonds. The minimum Gasteiger partial charge on any atom is -0.497 e. The monoisotopic (exact) mass is 362 g/mol. The van der Waals surface area contributed by atoms with Crippen molar-refractivity contribution >= 4 is 6.08 Å². The van der Waals surface area contributed by atoms with Gasteiger partial charge in [0.1, 0.15) is 35.4 Å². The van der Waals surface area contributed by atoms with Crippen molar-refractivity contribution in [3.63, 3.8) is 0 Å². The molecule has 0 atom stereocenters. The van der Waals surface area contributed by atoms with Crippen molar-refractivity contribution in [3.8, 4) is 23.0 Å². The number of benzene rings is 3. The van der Waals surface area contributed by atoms with Crippen LogP contribution in [0, 0.1) is 0 Å². The molecule has 0 unspecified atom stereocenters. The molecule has 0 spiro atoms. The van der Waals surface area contributed by atoms with Gasteiger partial charge in [-0.2, -0.15) is 0 Å². The van der Waals surface area contributed by atoms with Crippen molar-refractivity contribution in [2.45, 2.75) is 0 Å². The molecule has 0 N–H and O–H groups in total. The lowest BCUT2D eigenvalue weighted by Gasteiger charge is -2.13. The third kappa shape index (κ3) is 5.54. The molecule has 27 heavy (non-hydrogen) atoms. The summed E-state index contributed by atoms with van der Waals surface area (Å²) >= 11 is 0. The number of hydrogen-bond donors (Lipinski definition) is 0. The second-order valence-electron chi connectivity index (χ2n) is 5.76. The van der Waals surface area contributed by atoms with Gasteiger partial charge in [0.2, 0.25) is 0 Å². The van der Waals surface area contributed by atoms with Gasteiger partial charge in [0.05, 0.1) is 14.2 Å². The van der Waals surface area contributed by atoms with Gasteiger partial charge in [-0.1, -0.05) is 30.3 Å². The Kier molecular flexibility index (Phi) is 6.36. The minimum atomic E-state index is 0.299. The molecule has 0 saturated carbocycles. The van der Waals surface area contributed by atoms with E-state index in [-0.39, 0.29) is 0 Å². The van der Waals surface area contributed by atoms with Crippen LogP contribution in [0.15, 0.2) is 84.6 Å². The minimum absolute atomic E-state index is 0.299. The van der Waals surface area contributed by atoms with E-state index in [1.807, 2.05) is 84.9 Å². The quantitative estimate of drug-likeness (QED) is 0.516. The highest BCUT2D eigenvalue weighted by Crippen LogP contribution is 2.22. The summed E-state index contributed by atoms with van der Waals surface area (Å²) < 4.78 is 22.3. The SMILES string of the molecule is COc1ccc(OC/C(=C\c2ccccc2)Oc2ccc(OC)cc2)cc1. The van der Waals surface area contributed by atoms with Crippen molar-refractivity contribution in [1.82, 2.24) is 0 Å². The highest BCUT2D eigenvalue weighted by Gasteiger charge is 2.05. The first kappa shape index (κ1) is 18.4. The molecule has 0 heterocycles. The Labute approximate surface area is 159 Å². The van der Waals surface area contributed by atoms with Crippen LogP contribution in [0.5, 0.6) is 23.0 Å². The predicted octanol–water partition coefficient (Wildman–Crippen LogP) is 5.20. The lowest BCUT2D eigenvalue weighted by Crippen LogP contribution is -2.07. The summed E-state index contributed by atoms with van der Waals surface area (Å²) in [7, 11) is 3.28. The summed E-state index contributed by atoms with van der Waals surface area (Å²) in [5.74, 6) is 3.73. The maximum Gasteiger partial charge on any atom is 0.146 e. The van der Waals surface area contributed by atoms with Gasteiger partial charge in [-0.3, -0.25) is 0 Å². The summed E-state index contributed by atoms with van der Waals surface area (Å²) in [6, 6.07) is 24.9. The van der Waals surface area contributed by atoms with E-state index in [0.717, 1.165) is 28.6 Å². The van der Waals surface area contributed by atoms with Crippen molar-refractivity contribution in [3.05, 3.63) is 90.2 Å². The summed E-state index contributed by atoms with van der Waals surface area (Å²) in [5.41, 5.74) is 1.04. The van der Waals surface area contributed by atoms with Crippen LogP contribution in [-0.4, -0.2) is 20.8 Å². The topological polar surface area (TPSA) is 36.9 Å². The molecule has 0 bridgehead atoms. The van der Waals surface area contributed by atoms with Crippen molar-refractivity contribution in [1.29, 1.82) is 0 Å². The van der Waals surface area contributed by atoms with Crippen molar-refractivity contribution in [2.75, 3.05) is 20.8 Å². The van der Waals surface area contributed by atoms with Gasteiger partial charge in [0.25, 0.3) is 0 Å². The van der Waals surface area contributed by atoms with Crippen LogP contribution in [0.1, 0.15) is 5.56 Å². The van der Waals surface area contributed by atoms with Crippen molar-refractivity contribution < 1.29 is 18.9 Å². The Morgan fingerprint density at radius 3 is 1.74 bits per heavy atom. The third-order valence-corrected chi connectivity index (χ3v) is 3.88. The standard InChI is InChI=1S/C23H22O4/c1-24-19-8-12-21(13-9-19)26-17-23(16-18-6-4-3-5-7-18)27-22-14-10-20(25-2)11-15-22/h3-16H,17H2,1-2H3/b23-16+.